The lowest BCUT2D eigenvalue weighted by Crippen LogP contribution is -2.40. The highest BCUT2D eigenvalue weighted by Gasteiger charge is 2.45. The highest BCUT2D eigenvalue weighted by molar-refractivity contribution is 5.87. The van der Waals surface area contributed by atoms with Crippen LogP contribution in [0.3, 0.4) is 0 Å². The van der Waals surface area contributed by atoms with E-state index < -0.39 is 30.2 Å². The van der Waals surface area contributed by atoms with Gasteiger partial charge in [0.1, 0.15) is 24.1 Å². The summed E-state index contributed by atoms with van der Waals surface area (Å²) in [6.07, 6.45) is 0.0268. The molecule has 10 nitrogen and oxygen atoms in total. The highest BCUT2D eigenvalue weighted by Crippen LogP contribution is 2.30. The van der Waals surface area contributed by atoms with Crippen LogP contribution in [0.25, 0.3) is 0 Å². The van der Waals surface area contributed by atoms with Gasteiger partial charge in [0.05, 0.1) is 0 Å². The zero-order valence-electron chi connectivity index (χ0n) is 15.7. The Labute approximate surface area is 156 Å². The molecule has 3 N–H and O–H groups in total. The zero-order valence-corrected chi connectivity index (χ0v) is 15.7. The Bertz CT molecular complexity index is 722. The van der Waals surface area contributed by atoms with Gasteiger partial charge in [-0.2, -0.15) is 4.98 Å². The fraction of sp³-hybridized carbons (Fsp3) is 0.647. The van der Waals surface area contributed by atoms with Crippen LogP contribution < -0.4 is 16.3 Å². The van der Waals surface area contributed by atoms with Gasteiger partial charge in [-0.1, -0.05) is 13.3 Å². The van der Waals surface area contributed by atoms with Crippen molar-refractivity contribution in [1.82, 2.24) is 14.9 Å². The highest BCUT2D eigenvalue weighted by atomic mass is 16.6. The zero-order chi connectivity index (χ0) is 20.0. The number of aromatic nitrogens is 2. The van der Waals surface area contributed by atoms with Gasteiger partial charge in [0, 0.05) is 33.2 Å². The minimum Gasteiger partial charge on any atom is -0.387 e. The van der Waals surface area contributed by atoms with E-state index in [-0.39, 0.29) is 24.2 Å². The lowest BCUT2D eigenvalue weighted by atomic mass is 10.1. The van der Waals surface area contributed by atoms with Gasteiger partial charge in [-0.05, 0) is 12.5 Å². The second kappa shape index (κ2) is 9.58. The third-order valence-electron chi connectivity index (χ3n) is 4.25. The van der Waals surface area contributed by atoms with E-state index >= 15 is 0 Å². The number of anilines is 1. The number of aliphatic hydroxyl groups excluding tert-OH is 1. The summed E-state index contributed by atoms with van der Waals surface area (Å²) < 4.78 is 12.2. The molecular weight excluding hydrogens is 356 g/mol. The maximum Gasteiger partial charge on any atom is 0.351 e. The predicted octanol–water partition coefficient (Wildman–Crippen LogP) is -0.219. The minimum absolute atomic E-state index is 0.103. The third kappa shape index (κ3) is 5.34. The Morgan fingerprint density at radius 3 is 2.78 bits per heavy atom. The largest absolute Gasteiger partial charge is 0.387 e. The summed E-state index contributed by atoms with van der Waals surface area (Å²) in [5, 5.41) is 15.6. The van der Waals surface area contributed by atoms with E-state index in [1.807, 2.05) is 6.92 Å². The van der Waals surface area contributed by atoms with Crippen molar-refractivity contribution in [3.63, 3.8) is 0 Å². The van der Waals surface area contributed by atoms with Crippen molar-refractivity contribution in [2.75, 3.05) is 19.0 Å². The van der Waals surface area contributed by atoms with Crippen LogP contribution >= 0.6 is 0 Å². The number of hydrogen-bond donors (Lipinski definition) is 3. The molecule has 0 bridgehead atoms. The predicted molar refractivity (Wildman–Crippen MR) is 96.0 cm³/mol. The van der Waals surface area contributed by atoms with Crippen molar-refractivity contribution in [2.45, 2.75) is 57.6 Å². The number of nitrogens with one attached hydrogen (secondary N) is 2. The van der Waals surface area contributed by atoms with Gasteiger partial charge in [-0.25, -0.2) is 4.79 Å². The minimum atomic E-state index is -1.03. The number of amides is 2. The molecule has 10 heteroatoms. The molecule has 4 atom stereocenters. The normalized spacial score (nSPS) is 24.6. The summed E-state index contributed by atoms with van der Waals surface area (Å²) in [6, 6.07) is 1.45. The lowest BCUT2D eigenvalue weighted by Gasteiger charge is -2.20. The van der Waals surface area contributed by atoms with Gasteiger partial charge >= 0.3 is 5.69 Å². The van der Waals surface area contributed by atoms with Crippen molar-refractivity contribution in [3.8, 4) is 0 Å². The van der Waals surface area contributed by atoms with E-state index in [1.54, 1.807) is 0 Å². The van der Waals surface area contributed by atoms with Crippen LogP contribution in [0.15, 0.2) is 17.1 Å². The maximum absolute atomic E-state index is 12.3. The molecule has 0 aromatic carbocycles. The maximum atomic E-state index is 12.3. The van der Waals surface area contributed by atoms with E-state index in [1.165, 1.54) is 30.9 Å². The number of carbonyl (C=O) groups is 2. The molecule has 1 saturated heterocycles. The van der Waals surface area contributed by atoms with Crippen LogP contribution in [-0.4, -0.2) is 58.4 Å². The number of ether oxygens (including phenoxy) is 2. The van der Waals surface area contributed by atoms with Gasteiger partial charge in [-0.15, -0.1) is 0 Å². The van der Waals surface area contributed by atoms with Gasteiger partial charge in [-0.3, -0.25) is 14.2 Å². The average Bonchev–Trinajstić information content (AvgIpc) is 2.93. The van der Waals surface area contributed by atoms with Crippen molar-refractivity contribution < 1.29 is 24.2 Å². The molecule has 2 amide bonds. The summed E-state index contributed by atoms with van der Waals surface area (Å²) >= 11 is 0. The molecule has 150 valence electrons. The van der Waals surface area contributed by atoms with Crippen LogP contribution in [0.2, 0.25) is 0 Å². The Kier molecular flexibility index (Phi) is 7.45. The van der Waals surface area contributed by atoms with Crippen molar-refractivity contribution >= 4 is 17.6 Å². The molecule has 1 aromatic heterocycles. The van der Waals surface area contributed by atoms with E-state index in [0.29, 0.717) is 6.42 Å². The molecule has 2 rings (SSSR count). The number of hydrogen-bond acceptors (Lipinski definition) is 7. The first-order valence-corrected chi connectivity index (χ1v) is 8.87. The number of nitrogens with zero attached hydrogens (tertiary/aromatic N) is 2. The molecular formula is C17H26N4O6. The van der Waals surface area contributed by atoms with Gasteiger partial charge in [0.25, 0.3) is 0 Å². The van der Waals surface area contributed by atoms with E-state index in [4.69, 9.17) is 9.47 Å². The summed E-state index contributed by atoms with van der Waals surface area (Å²) in [5.41, 5.74) is -0.659. The molecule has 0 radical (unpaired) electrons. The second-order valence-electron chi connectivity index (χ2n) is 6.35. The summed E-state index contributed by atoms with van der Waals surface area (Å²) in [5.74, 6) is -0.347. The number of rotatable bonds is 8. The van der Waals surface area contributed by atoms with Crippen molar-refractivity contribution in [2.24, 2.45) is 0 Å². The molecule has 1 aromatic rings. The second-order valence-corrected chi connectivity index (χ2v) is 6.35. The molecule has 0 saturated carbocycles. The van der Waals surface area contributed by atoms with Crippen LogP contribution in [0, 0.1) is 0 Å². The first-order valence-electron chi connectivity index (χ1n) is 8.87. The fourth-order valence-corrected chi connectivity index (χ4v) is 2.86. The molecule has 0 aliphatic carbocycles. The van der Waals surface area contributed by atoms with E-state index in [0.717, 1.165) is 12.8 Å². The molecule has 0 spiro atoms. The quantitative estimate of drug-likeness (QED) is 0.566. The van der Waals surface area contributed by atoms with E-state index in [2.05, 4.69) is 15.6 Å². The standard InChI is InChI=1S/C17H26N4O6/c1-4-5-6-13(23)18-9-11-14(24)15(26-3)16(27-11)21-8-7-12(19-10(2)22)20-17(21)25/h7-8,11,14-16,24H,4-6,9H2,1-3H3,(H,18,23)(H,19,20,22,25)/t11-,14-,15-,16-/m1/s1. The Balaban J connectivity index is 2.09. The van der Waals surface area contributed by atoms with Crippen molar-refractivity contribution in [3.05, 3.63) is 22.7 Å². The van der Waals surface area contributed by atoms with Gasteiger partial charge in [0.2, 0.25) is 11.8 Å². The molecule has 1 aliphatic rings. The molecule has 1 fully saturated rings. The summed E-state index contributed by atoms with van der Waals surface area (Å²) in [6.45, 7) is 3.41. The molecule has 1 aliphatic heterocycles. The first-order chi connectivity index (χ1) is 12.9. The van der Waals surface area contributed by atoms with E-state index in [9.17, 15) is 19.5 Å². The number of carbonyl (C=O) groups excluding carboxylic acids is 2. The Hall–Kier alpha value is -2.30. The molecule has 0 unspecified atom stereocenters. The Morgan fingerprint density at radius 1 is 1.44 bits per heavy atom. The lowest BCUT2D eigenvalue weighted by molar-refractivity contribution is -0.122. The van der Waals surface area contributed by atoms with Crippen molar-refractivity contribution in [1.29, 1.82) is 0 Å². The number of aliphatic hydroxyl groups is 1. The smallest absolute Gasteiger partial charge is 0.351 e. The first kappa shape index (κ1) is 21.0. The SMILES string of the molecule is CCCCC(=O)NC[C@H]1O[C@@H](n2ccc(NC(C)=O)nc2=O)[C@H](OC)[C@@H]1O. The molecule has 27 heavy (non-hydrogen) atoms. The third-order valence-corrected chi connectivity index (χ3v) is 4.25. The monoisotopic (exact) mass is 382 g/mol. The Morgan fingerprint density at radius 2 is 2.19 bits per heavy atom. The average molecular weight is 382 g/mol. The summed E-state index contributed by atoms with van der Waals surface area (Å²) in [7, 11) is 1.40. The van der Waals surface area contributed by atoms with Crippen LogP contribution in [0.1, 0.15) is 39.3 Å². The topological polar surface area (TPSA) is 132 Å². The molecule has 2 heterocycles. The van der Waals surface area contributed by atoms with Gasteiger partial charge in [0.15, 0.2) is 6.23 Å². The number of methoxy groups -OCH3 is 1. The summed E-state index contributed by atoms with van der Waals surface area (Å²) in [4.78, 5) is 38.9. The fourth-order valence-electron chi connectivity index (χ4n) is 2.86. The van der Waals surface area contributed by atoms with Crippen LogP contribution in [0.5, 0.6) is 0 Å². The van der Waals surface area contributed by atoms with Crippen LogP contribution in [-0.2, 0) is 19.1 Å². The van der Waals surface area contributed by atoms with Crippen LogP contribution in [0.4, 0.5) is 5.82 Å². The van der Waals surface area contributed by atoms with Gasteiger partial charge < -0.3 is 25.2 Å². The number of unbranched alkanes of at least 4 members (excludes halogenated alkanes) is 1.